The van der Waals surface area contributed by atoms with Gasteiger partial charge in [0, 0.05) is 50.0 Å². The molecule has 0 saturated carbocycles. The summed E-state index contributed by atoms with van der Waals surface area (Å²) in [7, 11) is 0. The highest BCUT2D eigenvalue weighted by Gasteiger charge is 2.36. The van der Waals surface area contributed by atoms with E-state index >= 15 is 0 Å². The smallest absolute Gasteiger partial charge is 0.271 e. The number of benzene rings is 1. The van der Waals surface area contributed by atoms with E-state index in [1.807, 2.05) is 12.1 Å². The summed E-state index contributed by atoms with van der Waals surface area (Å²) in [4.78, 5) is 28.3. The second-order valence-electron chi connectivity index (χ2n) is 10.4. The Morgan fingerprint density at radius 2 is 1.94 bits per heavy atom. The van der Waals surface area contributed by atoms with Gasteiger partial charge in [-0.1, -0.05) is 0 Å². The first kappa shape index (κ1) is 22.7. The number of hydrogen-bond acceptors (Lipinski definition) is 8. The average Bonchev–Trinajstić information content (AvgIpc) is 2.83. The first-order valence-corrected chi connectivity index (χ1v) is 12.3. The minimum absolute atomic E-state index is 0.137. The van der Waals surface area contributed by atoms with Crippen LogP contribution in [0.4, 0.5) is 23.0 Å². The van der Waals surface area contributed by atoms with Crippen molar-refractivity contribution in [3.05, 3.63) is 30.1 Å². The molecular formula is C25H35N7O2. The number of carbonyl (C=O) groups is 1. The zero-order valence-electron chi connectivity index (χ0n) is 20.4. The molecule has 2 fully saturated rings. The maximum Gasteiger partial charge on any atom is 0.271 e. The standard InChI is InChI=1S/C25H35N7O2/c1-25(2,3)31-11-12-32-18(15-31)16-34-20-13-17(7-8-19(20)32)28-24-22(23(26)33)27-14-21(29-24)30-9-5-4-6-10-30/h7-8,13-14,18H,4-6,9-12,15-16H2,1-3H3,(H2,26,33)(H,28,29)/t18-/m1/s1. The topological polar surface area (TPSA) is 99.9 Å². The summed E-state index contributed by atoms with van der Waals surface area (Å²) < 4.78 is 6.18. The number of hydrogen-bond donors (Lipinski definition) is 2. The molecule has 9 nitrogen and oxygen atoms in total. The van der Waals surface area contributed by atoms with E-state index in [2.05, 4.69) is 51.8 Å². The van der Waals surface area contributed by atoms with Gasteiger partial charge >= 0.3 is 0 Å². The summed E-state index contributed by atoms with van der Waals surface area (Å²) in [5.74, 6) is 1.38. The molecule has 3 N–H and O–H groups in total. The van der Waals surface area contributed by atoms with Crippen LogP contribution in [0.5, 0.6) is 5.75 Å². The van der Waals surface area contributed by atoms with Crippen LogP contribution in [0, 0.1) is 0 Å². The molecular weight excluding hydrogens is 430 g/mol. The summed E-state index contributed by atoms with van der Waals surface area (Å²) in [6, 6.07) is 6.40. The molecule has 1 aromatic heterocycles. The summed E-state index contributed by atoms with van der Waals surface area (Å²) in [5.41, 5.74) is 7.78. The lowest BCUT2D eigenvalue weighted by Gasteiger charge is -2.49. The van der Waals surface area contributed by atoms with E-state index in [0.717, 1.165) is 68.5 Å². The molecule has 1 atom stereocenters. The molecule has 3 aliphatic heterocycles. The van der Waals surface area contributed by atoms with Gasteiger partial charge in [-0.15, -0.1) is 0 Å². The third-order valence-corrected chi connectivity index (χ3v) is 7.07. The van der Waals surface area contributed by atoms with Gasteiger partial charge in [-0.2, -0.15) is 0 Å². The highest BCUT2D eigenvalue weighted by molar-refractivity contribution is 5.96. The Kier molecular flexibility index (Phi) is 5.97. The van der Waals surface area contributed by atoms with E-state index in [1.54, 1.807) is 6.20 Å². The van der Waals surface area contributed by atoms with Crippen molar-refractivity contribution in [3.63, 3.8) is 0 Å². The molecule has 0 spiro atoms. The number of ether oxygens (including phenoxy) is 1. The first-order chi connectivity index (χ1) is 16.3. The zero-order chi connectivity index (χ0) is 23.9. The number of anilines is 4. The SMILES string of the molecule is CC(C)(C)N1CCN2c3ccc(Nc4nc(N5CCCCC5)cnc4C(N)=O)cc3OC[C@H]2C1. The Hall–Kier alpha value is -3.07. The monoisotopic (exact) mass is 465 g/mol. The van der Waals surface area contributed by atoms with Crippen molar-refractivity contribution in [1.29, 1.82) is 0 Å². The van der Waals surface area contributed by atoms with E-state index in [1.165, 1.54) is 6.42 Å². The van der Waals surface area contributed by atoms with E-state index < -0.39 is 5.91 Å². The third kappa shape index (κ3) is 4.49. The van der Waals surface area contributed by atoms with Gasteiger partial charge < -0.3 is 25.6 Å². The van der Waals surface area contributed by atoms with Crippen LogP contribution in [-0.4, -0.2) is 71.7 Å². The molecule has 1 aromatic carbocycles. The van der Waals surface area contributed by atoms with Crippen molar-refractivity contribution in [1.82, 2.24) is 14.9 Å². The van der Waals surface area contributed by atoms with Gasteiger partial charge in [0.25, 0.3) is 5.91 Å². The van der Waals surface area contributed by atoms with Gasteiger partial charge in [-0.25, -0.2) is 9.97 Å². The number of carbonyl (C=O) groups excluding carboxylic acids is 1. The Morgan fingerprint density at radius 1 is 1.15 bits per heavy atom. The van der Waals surface area contributed by atoms with Gasteiger partial charge in [0.1, 0.15) is 18.2 Å². The average molecular weight is 466 g/mol. The highest BCUT2D eigenvalue weighted by Crippen LogP contribution is 2.38. The van der Waals surface area contributed by atoms with Crippen LogP contribution in [0.2, 0.25) is 0 Å². The molecule has 0 bridgehead atoms. The normalized spacial score (nSPS) is 20.9. The maximum atomic E-state index is 12.0. The Balaban J connectivity index is 1.37. The van der Waals surface area contributed by atoms with Crippen LogP contribution in [0.25, 0.3) is 0 Å². The lowest BCUT2D eigenvalue weighted by molar-refractivity contribution is 0.0890. The van der Waals surface area contributed by atoms with Crippen molar-refractivity contribution < 1.29 is 9.53 Å². The van der Waals surface area contributed by atoms with Gasteiger partial charge in [0.05, 0.1) is 17.9 Å². The number of piperidine rings is 1. The van der Waals surface area contributed by atoms with E-state index in [0.29, 0.717) is 18.5 Å². The fraction of sp³-hybridized carbons (Fsp3) is 0.560. The van der Waals surface area contributed by atoms with Crippen LogP contribution >= 0.6 is 0 Å². The Bertz CT molecular complexity index is 1060. The lowest BCUT2D eigenvalue weighted by Crippen LogP contribution is -2.61. The van der Waals surface area contributed by atoms with Gasteiger partial charge in [0.15, 0.2) is 11.5 Å². The maximum absolute atomic E-state index is 12.0. The third-order valence-electron chi connectivity index (χ3n) is 7.07. The van der Waals surface area contributed by atoms with E-state index in [4.69, 9.17) is 15.5 Å². The lowest BCUT2D eigenvalue weighted by atomic mass is 10.0. The Morgan fingerprint density at radius 3 is 2.68 bits per heavy atom. The number of nitrogens with two attached hydrogens (primary N) is 1. The van der Waals surface area contributed by atoms with Crippen LogP contribution in [0.1, 0.15) is 50.5 Å². The predicted octanol–water partition coefficient (Wildman–Crippen LogP) is 2.99. The number of nitrogens with one attached hydrogen (secondary N) is 1. The van der Waals surface area contributed by atoms with Crippen LogP contribution < -0.4 is 25.6 Å². The molecule has 2 saturated heterocycles. The number of rotatable bonds is 4. The van der Waals surface area contributed by atoms with Crippen molar-refractivity contribution in [2.75, 3.05) is 54.4 Å². The number of amides is 1. The van der Waals surface area contributed by atoms with Crippen LogP contribution in [-0.2, 0) is 0 Å². The van der Waals surface area contributed by atoms with Crippen molar-refractivity contribution >= 4 is 28.9 Å². The second kappa shape index (κ2) is 8.94. The Labute approximate surface area is 201 Å². The number of primary amides is 1. The van der Waals surface area contributed by atoms with Crippen LogP contribution in [0.3, 0.4) is 0 Å². The second-order valence-corrected chi connectivity index (χ2v) is 10.4. The van der Waals surface area contributed by atoms with Crippen molar-refractivity contribution in [2.24, 2.45) is 5.73 Å². The molecule has 0 unspecified atom stereocenters. The van der Waals surface area contributed by atoms with E-state index in [-0.39, 0.29) is 11.2 Å². The minimum Gasteiger partial charge on any atom is -0.489 e. The predicted molar refractivity (Wildman–Crippen MR) is 134 cm³/mol. The quantitative estimate of drug-likeness (QED) is 0.711. The molecule has 182 valence electrons. The largest absolute Gasteiger partial charge is 0.489 e. The molecule has 1 amide bonds. The minimum atomic E-state index is -0.603. The number of piperazine rings is 1. The molecule has 34 heavy (non-hydrogen) atoms. The zero-order valence-corrected chi connectivity index (χ0v) is 20.4. The molecule has 4 heterocycles. The number of aromatic nitrogens is 2. The summed E-state index contributed by atoms with van der Waals surface area (Å²) >= 11 is 0. The first-order valence-electron chi connectivity index (χ1n) is 12.3. The van der Waals surface area contributed by atoms with Crippen molar-refractivity contribution in [2.45, 2.75) is 51.6 Å². The fourth-order valence-corrected chi connectivity index (χ4v) is 5.11. The van der Waals surface area contributed by atoms with E-state index in [9.17, 15) is 4.79 Å². The summed E-state index contributed by atoms with van der Waals surface area (Å²) in [5, 5.41) is 3.27. The highest BCUT2D eigenvalue weighted by atomic mass is 16.5. The number of fused-ring (bicyclic) bond motifs is 3. The summed E-state index contributed by atoms with van der Waals surface area (Å²) in [6.07, 6.45) is 5.14. The molecule has 5 rings (SSSR count). The molecule has 9 heteroatoms. The molecule has 2 aromatic rings. The van der Waals surface area contributed by atoms with Gasteiger partial charge in [-0.3, -0.25) is 9.69 Å². The fourth-order valence-electron chi connectivity index (χ4n) is 5.11. The molecule has 0 radical (unpaired) electrons. The number of nitrogens with zero attached hydrogens (tertiary/aromatic N) is 5. The van der Waals surface area contributed by atoms with Crippen molar-refractivity contribution in [3.8, 4) is 5.75 Å². The van der Waals surface area contributed by atoms with Gasteiger partial charge in [0.2, 0.25) is 0 Å². The van der Waals surface area contributed by atoms with Gasteiger partial charge in [-0.05, 0) is 52.2 Å². The molecule has 0 aliphatic carbocycles. The van der Waals surface area contributed by atoms with Crippen LogP contribution in [0.15, 0.2) is 24.4 Å². The molecule has 3 aliphatic rings. The summed E-state index contributed by atoms with van der Waals surface area (Å²) in [6.45, 7) is 12.3.